The highest BCUT2D eigenvalue weighted by molar-refractivity contribution is 8.14. The van der Waals surface area contributed by atoms with Crippen molar-refractivity contribution in [2.45, 2.75) is 38.2 Å². The van der Waals surface area contributed by atoms with Crippen LogP contribution in [0.3, 0.4) is 0 Å². The smallest absolute Gasteiger partial charge is 0.268 e. The van der Waals surface area contributed by atoms with Gasteiger partial charge in [0.1, 0.15) is 0 Å². The standard InChI is InChI=1S/C16H16F3N3OS/c1-8(2)22-14-12(15(23)21-22)13(24-9(3)20-14)10-4-6-11(7-5-10)16(17,18)19/h4-8,13H,1-3H3,(H,21,23). The van der Waals surface area contributed by atoms with Crippen molar-refractivity contribution < 1.29 is 13.2 Å². The van der Waals surface area contributed by atoms with Gasteiger partial charge in [-0.3, -0.25) is 14.6 Å². The SMILES string of the molecule is CC1=Nc2c(c(=O)[nH]n2C(C)C)C(c2ccc(C(F)(F)F)cc2)S1. The highest BCUT2D eigenvalue weighted by atomic mass is 32.2. The molecule has 0 spiro atoms. The van der Waals surface area contributed by atoms with E-state index in [2.05, 4.69) is 10.1 Å². The van der Waals surface area contributed by atoms with Gasteiger partial charge >= 0.3 is 6.18 Å². The minimum Gasteiger partial charge on any atom is -0.268 e. The van der Waals surface area contributed by atoms with Gasteiger partial charge in [-0.2, -0.15) is 13.2 Å². The first-order valence-electron chi connectivity index (χ1n) is 7.42. The average Bonchev–Trinajstić information content (AvgIpc) is 2.83. The van der Waals surface area contributed by atoms with Crippen LogP contribution < -0.4 is 5.56 Å². The summed E-state index contributed by atoms with van der Waals surface area (Å²) in [5.74, 6) is 0.552. The van der Waals surface area contributed by atoms with Crippen LogP contribution in [-0.4, -0.2) is 14.8 Å². The number of hydrogen-bond acceptors (Lipinski definition) is 3. The van der Waals surface area contributed by atoms with Crippen LogP contribution in [0.2, 0.25) is 0 Å². The normalized spacial score (nSPS) is 17.8. The molecule has 0 bridgehead atoms. The maximum atomic E-state index is 12.7. The van der Waals surface area contributed by atoms with Crippen LogP contribution in [0.5, 0.6) is 0 Å². The maximum absolute atomic E-state index is 12.7. The summed E-state index contributed by atoms with van der Waals surface area (Å²) in [6.07, 6.45) is -4.38. The first kappa shape index (κ1) is 16.9. The van der Waals surface area contributed by atoms with Gasteiger partial charge in [-0.15, -0.1) is 0 Å². The fourth-order valence-corrected chi connectivity index (χ4v) is 3.77. The summed E-state index contributed by atoms with van der Waals surface area (Å²) < 4.78 is 39.9. The average molecular weight is 355 g/mol. The van der Waals surface area contributed by atoms with E-state index < -0.39 is 11.7 Å². The Bertz CT molecular complexity index is 847. The number of H-pyrrole nitrogens is 1. The molecule has 24 heavy (non-hydrogen) atoms. The number of nitrogens with zero attached hydrogens (tertiary/aromatic N) is 2. The van der Waals surface area contributed by atoms with Crippen LogP contribution in [0.1, 0.15) is 48.8 Å². The molecule has 128 valence electrons. The molecule has 1 atom stereocenters. The quantitative estimate of drug-likeness (QED) is 0.852. The minimum absolute atomic E-state index is 0.0226. The Hall–Kier alpha value is -1.96. The molecule has 1 N–H and O–H groups in total. The second-order valence-corrected chi connectivity index (χ2v) is 7.19. The van der Waals surface area contributed by atoms with Gasteiger partial charge in [0.15, 0.2) is 5.82 Å². The summed E-state index contributed by atoms with van der Waals surface area (Å²) in [6, 6.07) is 4.97. The zero-order valence-corrected chi connectivity index (χ0v) is 14.1. The van der Waals surface area contributed by atoms with Crippen LogP contribution >= 0.6 is 11.8 Å². The molecule has 4 nitrogen and oxygen atoms in total. The molecule has 0 amide bonds. The monoisotopic (exact) mass is 355 g/mol. The fraction of sp³-hybridized carbons (Fsp3) is 0.375. The summed E-state index contributed by atoms with van der Waals surface area (Å²) >= 11 is 1.37. The van der Waals surface area contributed by atoms with E-state index >= 15 is 0 Å². The Morgan fingerprint density at radius 2 is 1.88 bits per heavy atom. The molecule has 1 aromatic heterocycles. The molecule has 1 unspecified atom stereocenters. The van der Waals surface area contributed by atoms with Crippen molar-refractivity contribution in [1.29, 1.82) is 0 Å². The number of aromatic nitrogens is 2. The highest BCUT2D eigenvalue weighted by Gasteiger charge is 2.33. The lowest BCUT2D eigenvalue weighted by Gasteiger charge is -2.21. The van der Waals surface area contributed by atoms with Crippen LogP contribution in [-0.2, 0) is 6.18 Å². The van der Waals surface area contributed by atoms with Crippen molar-refractivity contribution >= 4 is 22.6 Å². The van der Waals surface area contributed by atoms with E-state index in [1.54, 1.807) is 4.68 Å². The van der Waals surface area contributed by atoms with E-state index in [1.807, 2.05) is 20.8 Å². The number of rotatable bonds is 2. The van der Waals surface area contributed by atoms with E-state index in [0.717, 1.165) is 17.2 Å². The first-order chi connectivity index (χ1) is 11.2. The highest BCUT2D eigenvalue weighted by Crippen LogP contribution is 2.44. The lowest BCUT2D eigenvalue weighted by atomic mass is 10.0. The third-order valence-corrected chi connectivity index (χ3v) is 4.98. The second-order valence-electron chi connectivity index (χ2n) is 5.89. The summed E-state index contributed by atoms with van der Waals surface area (Å²) in [5.41, 5.74) is 0.174. The lowest BCUT2D eigenvalue weighted by molar-refractivity contribution is -0.137. The second kappa shape index (κ2) is 5.84. The summed E-state index contributed by atoms with van der Waals surface area (Å²) in [6.45, 7) is 5.68. The molecule has 0 fully saturated rings. The Morgan fingerprint density at radius 3 is 2.42 bits per heavy atom. The molecule has 3 rings (SSSR count). The molecule has 2 heterocycles. The Labute approximate surface area is 140 Å². The summed E-state index contributed by atoms with van der Waals surface area (Å²) in [5, 5.41) is 3.16. The number of halogens is 3. The largest absolute Gasteiger partial charge is 0.416 e. The first-order valence-corrected chi connectivity index (χ1v) is 8.30. The molecule has 0 radical (unpaired) electrons. The molecule has 0 saturated carbocycles. The maximum Gasteiger partial charge on any atom is 0.416 e. The number of alkyl halides is 3. The van der Waals surface area contributed by atoms with Crippen molar-refractivity contribution in [3.05, 3.63) is 51.3 Å². The number of fused-ring (bicyclic) bond motifs is 1. The van der Waals surface area contributed by atoms with Crippen LogP contribution in [0.15, 0.2) is 34.1 Å². The Kier molecular flexibility index (Phi) is 4.11. The van der Waals surface area contributed by atoms with Gasteiger partial charge in [-0.1, -0.05) is 23.9 Å². The summed E-state index contributed by atoms with van der Waals surface area (Å²) in [4.78, 5) is 16.8. The third kappa shape index (κ3) is 2.90. The van der Waals surface area contributed by atoms with Gasteiger partial charge in [0.05, 0.1) is 21.4 Å². The predicted octanol–water partition coefficient (Wildman–Crippen LogP) is 4.66. The van der Waals surface area contributed by atoms with Gasteiger partial charge in [-0.05, 0) is 38.5 Å². The van der Waals surface area contributed by atoms with Crippen molar-refractivity contribution in [2.24, 2.45) is 4.99 Å². The van der Waals surface area contributed by atoms with E-state index in [4.69, 9.17) is 0 Å². The van der Waals surface area contributed by atoms with Crippen molar-refractivity contribution in [3.63, 3.8) is 0 Å². The van der Waals surface area contributed by atoms with E-state index in [1.165, 1.54) is 23.9 Å². The number of hydrogen-bond donors (Lipinski definition) is 1. The van der Waals surface area contributed by atoms with Crippen LogP contribution in [0, 0.1) is 0 Å². The summed E-state index contributed by atoms with van der Waals surface area (Å²) in [7, 11) is 0. The molecular weight excluding hydrogens is 339 g/mol. The molecule has 0 saturated heterocycles. The molecule has 2 aromatic rings. The predicted molar refractivity (Wildman–Crippen MR) is 89.1 cm³/mol. The molecule has 1 aliphatic heterocycles. The molecule has 1 aromatic carbocycles. The Balaban J connectivity index is 2.09. The zero-order chi connectivity index (χ0) is 17.6. The molecule has 1 aliphatic rings. The molecular formula is C16H16F3N3OS. The van der Waals surface area contributed by atoms with Crippen LogP contribution in [0.25, 0.3) is 0 Å². The number of aliphatic imine (C=N–C) groups is 1. The van der Waals surface area contributed by atoms with Crippen molar-refractivity contribution in [2.75, 3.05) is 0 Å². The fourth-order valence-electron chi connectivity index (χ4n) is 2.66. The van der Waals surface area contributed by atoms with E-state index in [-0.39, 0.29) is 16.9 Å². The molecule has 0 aliphatic carbocycles. The number of thioether (sulfide) groups is 1. The van der Waals surface area contributed by atoms with E-state index in [0.29, 0.717) is 16.9 Å². The van der Waals surface area contributed by atoms with Crippen molar-refractivity contribution in [3.8, 4) is 0 Å². The number of nitrogens with one attached hydrogen (secondary N) is 1. The van der Waals surface area contributed by atoms with Gasteiger partial charge in [-0.25, -0.2) is 4.99 Å². The molecule has 8 heteroatoms. The van der Waals surface area contributed by atoms with Gasteiger partial charge in [0, 0.05) is 6.04 Å². The topological polar surface area (TPSA) is 50.1 Å². The van der Waals surface area contributed by atoms with Crippen molar-refractivity contribution in [1.82, 2.24) is 9.78 Å². The Morgan fingerprint density at radius 1 is 1.25 bits per heavy atom. The van der Waals surface area contributed by atoms with Gasteiger partial charge < -0.3 is 0 Å². The number of aromatic amines is 1. The van der Waals surface area contributed by atoms with Gasteiger partial charge in [0.2, 0.25) is 0 Å². The lowest BCUT2D eigenvalue weighted by Crippen LogP contribution is -2.14. The number of benzene rings is 1. The minimum atomic E-state index is -4.38. The zero-order valence-electron chi connectivity index (χ0n) is 13.3. The van der Waals surface area contributed by atoms with Gasteiger partial charge in [0.25, 0.3) is 5.56 Å². The van der Waals surface area contributed by atoms with E-state index in [9.17, 15) is 18.0 Å². The van der Waals surface area contributed by atoms with Crippen LogP contribution in [0.4, 0.5) is 19.0 Å². The third-order valence-electron chi connectivity index (χ3n) is 3.81.